The second-order valence-electron chi connectivity index (χ2n) is 21.8. The van der Waals surface area contributed by atoms with E-state index in [-0.39, 0.29) is 0 Å². The number of nitrogens with one attached hydrogen (secondary N) is 8. The molecule has 0 aliphatic carbocycles. The number of thiocarbonyl (C=S) groups is 7. The molecule has 0 amide bonds. The van der Waals surface area contributed by atoms with Crippen LogP contribution >= 0.6 is 110 Å². The number of aromatic amines is 2. The highest BCUT2D eigenvalue weighted by Gasteiger charge is 2.19. The van der Waals surface area contributed by atoms with Crippen LogP contribution in [0.2, 0.25) is 0 Å². The Labute approximate surface area is 734 Å². The highest BCUT2D eigenvalue weighted by molar-refractivity contribution is 8.01. The van der Waals surface area contributed by atoms with Crippen LogP contribution in [0.4, 0.5) is 17.1 Å². The maximum atomic E-state index is 10.6. The monoisotopic (exact) mass is 1710 g/mol. The molecule has 115 heavy (non-hydrogen) atoms. The van der Waals surface area contributed by atoms with Gasteiger partial charge in [0.1, 0.15) is 49.3 Å². The molecule has 7 aliphatic rings. The summed E-state index contributed by atoms with van der Waals surface area (Å²) < 4.78 is 16.2. The minimum Gasteiger partial charge on any atom is -0.489 e. The lowest BCUT2D eigenvalue weighted by atomic mass is 10.0. The molecule has 0 saturated heterocycles. The van der Waals surface area contributed by atoms with Gasteiger partial charge in [0, 0.05) is 70.0 Å². The number of rotatable bonds is 0. The molecule has 0 saturated carbocycles. The summed E-state index contributed by atoms with van der Waals surface area (Å²) in [5.74, 6) is 2.37. The predicted molar refractivity (Wildman–Crippen MR) is 534 cm³/mol. The Morgan fingerprint density at radius 1 is 0.365 bits per heavy atom. The molecule has 0 spiro atoms. The number of pyridine rings is 1. The minimum absolute atomic E-state index is 0.402. The van der Waals surface area contributed by atoms with Gasteiger partial charge in [-0.3, -0.25) is 4.98 Å². The fourth-order valence-corrected chi connectivity index (χ4v) is 13.0. The quantitative estimate of drug-likeness (QED) is 0.0679. The van der Waals surface area contributed by atoms with Crippen molar-refractivity contribution in [2.45, 2.75) is 162 Å². The first-order chi connectivity index (χ1) is 56.3. The summed E-state index contributed by atoms with van der Waals surface area (Å²) in [6.45, 7) is 39.1. The van der Waals surface area contributed by atoms with E-state index in [2.05, 4.69) is 121 Å². The number of anilines is 3. The first-order valence-corrected chi connectivity index (χ1v) is 44.1. The van der Waals surface area contributed by atoms with E-state index in [1.807, 2.05) is 276 Å². The number of para-hydroxylation sites is 8. The Morgan fingerprint density at radius 2 is 0.870 bits per heavy atom. The van der Waals surface area contributed by atoms with Crippen LogP contribution in [0.5, 0.6) is 11.5 Å². The van der Waals surface area contributed by atoms with Crippen molar-refractivity contribution < 1.29 is 13.9 Å². The van der Waals surface area contributed by atoms with E-state index in [4.69, 9.17) is 112 Å². The van der Waals surface area contributed by atoms with Crippen LogP contribution in [0.1, 0.15) is 176 Å². The third kappa shape index (κ3) is 37.7. The number of oxazole rings is 1. The van der Waals surface area contributed by atoms with Crippen LogP contribution in [0.25, 0.3) is 28.1 Å². The first-order valence-electron chi connectivity index (χ1n) is 39.9. The van der Waals surface area contributed by atoms with Crippen molar-refractivity contribution >= 4 is 190 Å². The molecule has 9 aromatic carbocycles. The van der Waals surface area contributed by atoms with Gasteiger partial charge < -0.3 is 50.8 Å². The first kappa shape index (κ1) is 104. The van der Waals surface area contributed by atoms with Gasteiger partial charge in [0.15, 0.2) is 5.58 Å². The van der Waals surface area contributed by atoms with Crippen molar-refractivity contribution in [2.24, 2.45) is 0 Å². The molecule has 0 unspecified atom stereocenters. The van der Waals surface area contributed by atoms with Crippen LogP contribution in [0.3, 0.4) is 0 Å². The zero-order valence-corrected chi connectivity index (χ0v) is 77.6. The van der Waals surface area contributed by atoms with Gasteiger partial charge in [-0.2, -0.15) is 0 Å². The van der Waals surface area contributed by atoms with E-state index in [0.29, 0.717) is 18.8 Å². The molecular formula is C94H120N8O4S9. The van der Waals surface area contributed by atoms with Crippen molar-refractivity contribution in [1.82, 2.24) is 25.9 Å². The third-order valence-electron chi connectivity index (χ3n) is 15.0. The summed E-state index contributed by atoms with van der Waals surface area (Å²) in [6.07, 6.45) is 8.18. The van der Waals surface area contributed by atoms with Gasteiger partial charge in [-0.15, -0.1) is 11.8 Å². The lowest BCUT2D eigenvalue weighted by Crippen LogP contribution is -2.30. The summed E-state index contributed by atoms with van der Waals surface area (Å²) in [7, 11) is 0. The van der Waals surface area contributed by atoms with Gasteiger partial charge in [-0.25, -0.2) is 4.79 Å². The van der Waals surface area contributed by atoms with Crippen LogP contribution in [0.15, 0.2) is 251 Å². The second-order valence-corrected chi connectivity index (χ2v) is 26.4. The van der Waals surface area contributed by atoms with E-state index < -0.39 is 5.76 Å². The largest absolute Gasteiger partial charge is 0.489 e. The number of benzene rings is 9. The maximum Gasteiger partial charge on any atom is 0.417 e. The number of aryl methyl sites for hydroxylation is 1. The average molecular weight is 1710 g/mol. The number of ether oxygens (including phenoxy) is 2. The van der Waals surface area contributed by atoms with Crippen LogP contribution in [-0.4, -0.2) is 70.4 Å². The summed E-state index contributed by atoms with van der Waals surface area (Å²) >= 11 is 42.2. The van der Waals surface area contributed by atoms with Gasteiger partial charge in [0.05, 0.1) is 31.9 Å². The molecule has 8 N–H and O–H groups in total. The van der Waals surface area contributed by atoms with Crippen LogP contribution in [0, 0.1) is 4.64 Å². The summed E-state index contributed by atoms with van der Waals surface area (Å²) in [4.78, 5) is 23.5. The fraction of sp³-hybridized carbons (Fsp3) is 0.287. The zero-order valence-electron chi connectivity index (χ0n) is 70.3. The van der Waals surface area contributed by atoms with Gasteiger partial charge in [-0.1, -0.05) is 392 Å². The van der Waals surface area contributed by atoms with Crippen LogP contribution in [-0.2, 0) is 25.8 Å². The van der Waals surface area contributed by atoms with Crippen molar-refractivity contribution in [3.05, 3.63) is 296 Å². The van der Waals surface area contributed by atoms with E-state index in [9.17, 15) is 4.79 Å². The lowest BCUT2D eigenvalue weighted by molar-refractivity contribution is 0.358. The molecule has 9 heterocycles. The third-order valence-corrected chi connectivity index (χ3v) is 18.6. The van der Waals surface area contributed by atoms with E-state index >= 15 is 0 Å². The molecule has 0 bridgehead atoms. The minimum atomic E-state index is -0.402. The Bertz CT molecular complexity index is 4510. The number of H-pyrrole nitrogens is 2. The van der Waals surface area contributed by atoms with Crippen LogP contribution < -0.4 is 47.1 Å². The fourth-order valence-electron chi connectivity index (χ4n) is 10.2. The normalized spacial score (nSPS) is 12.3. The van der Waals surface area contributed by atoms with E-state index in [1.165, 1.54) is 49.3 Å². The molecule has 11 aromatic rings. The topological polar surface area (TPSA) is 152 Å². The standard InChI is InChI=1S/3C9H9NS.C9H7NS.C9H8O.C8H7NOS.C8H7NS2.C8H5NS2.C7H5NO2.9C2H6/c11-9-5-7-3-1-2-4-8(7)6-10-9;11-9-8-4-2-1-3-7(8)5-6-10-9;2*11-9-6-5-7-3-1-2-4-8(7)10-9;1-2-6-9-8(4-1)5-3-7-10-9;11-8-5-10-7-4-2-1-3-6(7)9-8;10-8-5-11-7-4-2-1-3-6(7)9-8;10-7-5-3-1-2-4-6(5)8(11)9-7;9-7-8-5-3-1-2-4-6(5)10-7;9*1-2/h3*1-4H,5-6H2,(H,10,11);1-6H,(H,10,11);1-6H,7H2;1-4H,5H2,(H,9,11);1-4H,5H2,(H,9,10);1-4H,(H,9,10,11);1-4H,(H,8,9);9*1-2H3. The Balaban J connectivity index is 0.000000631. The number of hydrogen-bond acceptors (Lipinski definition) is 13. The van der Waals surface area contributed by atoms with Crippen molar-refractivity contribution in [3.63, 3.8) is 0 Å². The molecule has 7 aliphatic heterocycles. The molecule has 0 atom stereocenters. The number of fused-ring (bicyclic) bond motifs is 9. The summed E-state index contributed by atoms with van der Waals surface area (Å²) in [5.41, 5.74) is 15.7. The number of aromatic nitrogens is 2. The van der Waals surface area contributed by atoms with Crippen molar-refractivity contribution in [2.75, 3.05) is 41.5 Å². The number of thioether (sulfide) groups is 1. The summed E-state index contributed by atoms with van der Waals surface area (Å²) in [6, 6.07) is 76.1. The molecule has 2 aromatic heterocycles. The highest BCUT2D eigenvalue weighted by Crippen LogP contribution is 2.31. The van der Waals surface area contributed by atoms with Crippen molar-refractivity contribution in [1.29, 1.82) is 0 Å². The lowest BCUT2D eigenvalue weighted by Gasteiger charge is -2.18. The summed E-state index contributed by atoms with van der Waals surface area (Å²) in [5, 5.41) is 19.9. The molecular weight excluding hydrogens is 1590 g/mol. The number of hydrogen-bond donors (Lipinski definition) is 8. The second kappa shape index (κ2) is 64.2. The predicted octanol–water partition coefficient (Wildman–Crippen LogP) is 26.9. The SMILES string of the molecule is C1=Cc2ccccc2OC1.CC.CC.CC.CC.CC.CC.CC.CC.CC.O=c1[nH]c2ccccc2o1.S=C1CCc2ccccc2N1.S=C1COc2ccccc2N1.S=C1CSc2ccccc2N1.S=C1Cc2ccccc2CN1.S=C1NC(=S)c2ccccc21.S=C1NCCc2ccccc21.S=c1ccc2ccccc2[nH]1. The molecule has 0 fully saturated rings. The Kier molecular flexibility index (Phi) is 58.1. The smallest absolute Gasteiger partial charge is 0.417 e. The molecule has 18 rings (SSSR count). The highest BCUT2D eigenvalue weighted by atomic mass is 32.2. The van der Waals surface area contributed by atoms with Crippen molar-refractivity contribution in [3.8, 4) is 11.5 Å². The Hall–Kier alpha value is -9.00. The average Bonchev–Trinajstić information content (AvgIpc) is 1.68. The molecule has 614 valence electrons. The Morgan fingerprint density at radius 3 is 1.50 bits per heavy atom. The maximum absolute atomic E-state index is 10.6. The van der Waals surface area contributed by atoms with Gasteiger partial charge in [0.25, 0.3) is 0 Å². The molecule has 0 radical (unpaired) electrons. The van der Waals surface area contributed by atoms with Gasteiger partial charge in [0.2, 0.25) is 0 Å². The van der Waals surface area contributed by atoms with Gasteiger partial charge >= 0.3 is 5.76 Å². The van der Waals surface area contributed by atoms with E-state index in [0.717, 1.165) is 129 Å². The zero-order chi connectivity index (χ0) is 85.7. The molecule has 21 heteroatoms. The van der Waals surface area contributed by atoms with Gasteiger partial charge in [-0.05, 0) is 113 Å². The van der Waals surface area contributed by atoms with E-state index in [1.54, 1.807) is 23.9 Å². The molecule has 12 nitrogen and oxygen atoms in total.